The van der Waals surface area contributed by atoms with Gasteiger partial charge in [0.25, 0.3) is 11.8 Å². The van der Waals surface area contributed by atoms with E-state index in [1.807, 2.05) is 25.1 Å². The summed E-state index contributed by atoms with van der Waals surface area (Å²) in [7, 11) is 1.57. The van der Waals surface area contributed by atoms with Crippen molar-refractivity contribution in [2.24, 2.45) is 0 Å². The maximum Gasteiger partial charge on any atom is 0.271 e. The first-order valence-electron chi connectivity index (χ1n) is 10.2. The highest BCUT2D eigenvalue weighted by atomic mass is 16.5. The summed E-state index contributed by atoms with van der Waals surface area (Å²) in [5.41, 5.74) is 2.19. The lowest BCUT2D eigenvalue weighted by Gasteiger charge is -2.35. The first-order valence-corrected chi connectivity index (χ1v) is 10.2. The monoisotopic (exact) mass is 410 g/mol. The Morgan fingerprint density at radius 2 is 2.00 bits per heavy atom. The third-order valence-corrected chi connectivity index (χ3v) is 5.45. The summed E-state index contributed by atoms with van der Waals surface area (Å²) >= 11 is 0. The third-order valence-electron chi connectivity index (χ3n) is 5.45. The van der Waals surface area contributed by atoms with Gasteiger partial charge in [-0.25, -0.2) is 0 Å². The molecule has 158 valence electrons. The van der Waals surface area contributed by atoms with Gasteiger partial charge < -0.3 is 20.3 Å². The number of hydrogen-bond acceptors (Lipinski definition) is 7. The quantitative estimate of drug-likeness (QED) is 0.766. The van der Waals surface area contributed by atoms with Gasteiger partial charge in [-0.1, -0.05) is 13.0 Å². The molecule has 1 aromatic carbocycles. The molecule has 30 heavy (non-hydrogen) atoms. The normalized spacial score (nSPS) is 18.9. The zero-order valence-electron chi connectivity index (χ0n) is 17.2. The van der Waals surface area contributed by atoms with Gasteiger partial charge in [0, 0.05) is 39.8 Å². The highest BCUT2D eigenvalue weighted by Gasteiger charge is 2.26. The van der Waals surface area contributed by atoms with E-state index in [-0.39, 0.29) is 11.8 Å². The second-order valence-electron chi connectivity index (χ2n) is 7.45. The van der Waals surface area contributed by atoms with Crippen LogP contribution in [0.3, 0.4) is 0 Å². The second-order valence-corrected chi connectivity index (χ2v) is 7.45. The summed E-state index contributed by atoms with van der Waals surface area (Å²) in [5.74, 6) is 1.19. The largest absolute Gasteiger partial charge is 0.478 e. The van der Waals surface area contributed by atoms with Crippen LogP contribution in [0.4, 0.5) is 11.5 Å². The Labute approximate surface area is 175 Å². The van der Waals surface area contributed by atoms with Gasteiger partial charge in [0.05, 0.1) is 5.69 Å². The van der Waals surface area contributed by atoms with Crippen LogP contribution in [0, 0.1) is 0 Å². The number of carbonyl (C=O) groups is 2. The molecule has 0 spiro atoms. The molecule has 4 rings (SSSR count). The Hall–Kier alpha value is -3.20. The highest BCUT2D eigenvalue weighted by Crippen LogP contribution is 2.31. The molecule has 2 aliphatic rings. The number of fused-ring (bicyclic) bond motifs is 1. The fraction of sp³-hybridized carbons (Fsp3) is 0.429. The first-order chi connectivity index (χ1) is 14.6. The summed E-state index contributed by atoms with van der Waals surface area (Å²) in [6, 6.07) is 9.52. The molecule has 0 unspecified atom stereocenters. The first kappa shape index (κ1) is 20.1. The molecule has 2 N–H and O–H groups in total. The van der Waals surface area contributed by atoms with E-state index in [1.54, 1.807) is 13.1 Å². The fourth-order valence-corrected chi connectivity index (χ4v) is 3.70. The maximum atomic E-state index is 12.1. The van der Waals surface area contributed by atoms with Crippen LogP contribution in [0.1, 0.15) is 29.4 Å². The van der Waals surface area contributed by atoms with Crippen molar-refractivity contribution in [2.45, 2.75) is 26.0 Å². The topological polar surface area (TPSA) is 99.7 Å². The number of aromatic nitrogens is 2. The van der Waals surface area contributed by atoms with Crippen LogP contribution in [0.2, 0.25) is 0 Å². The molecule has 3 heterocycles. The number of amides is 2. The number of ether oxygens (including phenoxy) is 1. The van der Waals surface area contributed by atoms with E-state index in [0.717, 1.165) is 55.5 Å². The summed E-state index contributed by atoms with van der Waals surface area (Å²) in [5, 5.41) is 13.7. The van der Waals surface area contributed by atoms with Crippen molar-refractivity contribution in [2.75, 3.05) is 43.4 Å². The lowest BCUT2D eigenvalue weighted by Crippen LogP contribution is -2.46. The average molecular weight is 410 g/mol. The van der Waals surface area contributed by atoms with Gasteiger partial charge in [0.1, 0.15) is 5.75 Å². The fourth-order valence-electron chi connectivity index (χ4n) is 3.70. The molecular weight excluding hydrogens is 384 g/mol. The molecule has 2 aromatic rings. The molecule has 0 radical (unpaired) electrons. The number of nitrogens with zero attached hydrogens (tertiary/aromatic N) is 4. The van der Waals surface area contributed by atoms with Crippen LogP contribution in [-0.2, 0) is 11.3 Å². The SMILES string of the molecule is CC[C@H]1Oc2ccc(CN3CCN(c4ccc(C(=O)NC)nn4)CC3)cc2NC1=O. The minimum absolute atomic E-state index is 0.0840. The standard InChI is InChI=1S/C21H26N6O3/c1-3-17-21(29)23-16-12-14(4-6-18(16)30-17)13-26-8-10-27(11-9-26)19-7-5-15(24-25-19)20(28)22-2/h4-7,12,17H,3,8-11,13H2,1-2H3,(H,22,28)(H,23,29)/t17-/m1/s1. The zero-order valence-corrected chi connectivity index (χ0v) is 17.2. The summed E-state index contributed by atoms with van der Waals surface area (Å²) in [4.78, 5) is 28.2. The highest BCUT2D eigenvalue weighted by molar-refractivity contribution is 5.97. The molecule has 1 fully saturated rings. The van der Waals surface area contributed by atoms with Gasteiger partial charge in [-0.2, -0.15) is 0 Å². The molecule has 0 aliphatic carbocycles. The van der Waals surface area contributed by atoms with Crippen molar-refractivity contribution in [3.8, 4) is 5.75 Å². The minimum Gasteiger partial charge on any atom is -0.478 e. The van der Waals surface area contributed by atoms with Crippen LogP contribution < -0.4 is 20.3 Å². The van der Waals surface area contributed by atoms with E-state index in [4.69, 9.17) is 4.74 Å². The van der Waals surface area contributed by atoms with E-state index in [1.165, 1.54) is 0 Å². The third kappa shape index (κ3) is 4.20. The molecule has 9 nitrogen and oxygen atoms in total. The molecule has 9 heteroatoms. The van der Waals surface area contributed by atoms with Crippen molar-refractivity contribution < 1.29 is 14.3 Å². The predicted molar refractivity (Wildman–Crippen MR) is 113 cm³/mol. The summed E-state index contributed by atoms with van der Waals surface area (Å²) in [6.07, 6.45) is 0.237. The van der Waals surface area contributed by atoms with Crippen molar-refractivity contribution in [1.82, 2.24) is 20.4 Å². The molecule has 0 bridgehead atoms. The zero-order chi connectivity index (χ0) is 21.1. The number of carbonyl (C=O) groups excluding carboxylic acids is 2. The Bertz CT molecular complexity index is 925. The van der Waals surface area contributed by atoms with Gasteiger partial charge in [0.2, 0.25) is 0 Å². The molecule has 2 amide bonds. The minimum atomic E-state index is -0.412. The van der Waals surface area contributed by atoms with E-state index in [2.05, 4.69) is 36.7 Å². The van der Waals surface area contributed by atoms with E-state index < -0.39 is 6.10 Å². The van der Waals surface area contributed by atoms with Crippen LogP contribution >= 0.6 is 0 Å². The van der Waals surface area contributed by atoms with Crippen LogP contribution in [0.15, 0.2) is 30.3 Å². The Morgan fingerprint density at radius 1 is 1.20 bits per heavy atom. The average Bonchev–Trinajstić information content (AvgIpc) is 2.78. The Morgan fingerprint density at radius 3 is 2.67 bits per heavy atom. The summed E-state index contributed by atoms with van der Waals surface area (Å²) < 4.78 is 5.76. The number of hydrogen-bond donors (Lipinski definition) is 2. The second kappa shape index (κ2) is 8.66. The number of piperazine rings is 1. The lowest BCUT2D eigenvalue weighted by molar-refractivity contribution is -0.123. The number of benzene rings is 1. The van der Waals surface area contributed by atoms with Crippen LogP contribution in [0.25, 0.3) is 0 Å². The van der Waals surface area contributed by atoms with Crippen LogP contribution in [0.5, 0.6) is 5.75 Å². The number of rotatable bonds is 5. The van der Waals surface area contributed by atoms with Crippen molar-refractivity contribution in [3.05, 3.63) is 41.6 Å². The lowest BCUT2D eigenvalue weighted by atomic mass is 10.1. The van der Waals surface area contributed by atoms with Crippen molar-refractivity contribution in [1.29, 1.82) is 0 Å². The summed E-state index contributed by atoms with van der Waals surface area (Å²) in [6.45, 7) is 6.17. The molecule has 2 aliphatic heterocycles. The van der Waals surface area contributed by atoms with Crippen LogP contribution in [-0.4, -0.2) is 66.2 Å². The Balaban J connectivity index is 1.34. The molecule has 1 aromatic heterocycles. The van der Waals surface area contributed by atoms with E-state index in [0.29, 0.717) is 12.1 Å². The van der Waals surface area contributed by atoms with E-state index >= 15 is 0 Å². The predicted octanol–water partition coefficient (Wildman–Crippen LogP) is 1.27. The van der Waals surface area contributed by atoms with Gasteiger partial charge >= 0.3 is 0 Å². The van der Waals surface area contributed by atoms with Crippen molar-refractivity contribution in [3.63, 3.8) is 0 Å². The van der Waals surface area contributed by atoms with Crippen molar-refractivity contribution >= 4 is 23.3 Å². The van der Waals surface area contributed by atoms with Gasteiger partial charge in [-0.3, -0.25) is 14.5 Å². The molecular formula is C21H26N6O3. The molecule has 0 saturated carbocycles. The molecule has 1 saturated heterocycles. The maximum absolute atomic E-state index is 12.1. The van der Waals surface area contributed by atoms with E-state index in [9.17, 15) is 9.59 Å². The van der Waals surface area contributed by atoms with Gasteiger partial charge in [0.15, 0.2) is 17.6 Å². The number of anilines is 2. The number of nitrogens with one attached hydrogen (secondary N) is 2. The molecule has 1 atom stereocenters. The Kier molecular flexibility index (Phi) is 5.80. The van der Waals surface area contributed by atoms with Gasteiger partial charge in [-0.15, -0.1) is 10.2 Å². The smallest absolute Gasteiger partial charge is 0.271 e. The van der Waals surface area contributed by atoms with Gasteiger partial charge in [-0.05, 0) is 36.2 Å².